The van der Waals surface area contributed by atoms with Crippen LogP contribution in [0.4, 0.5) is 5.69 Å². The molecule has 0 saturated carbocycles. The summed E-state index contributed by atoms with van der Waals surface area (Å²) in [4.78, 5) is 12.5. The number of furan rings is 1. The van der Waals surface area contributed by atoms with Crippen molar-refractivity contribution >= 4 is 38.9 Å². The van der Waals surface area contributed by atoms with Gasteiger partial charge >= 0.3 is 0 Å². The highest BCUT2D eigenvalue weighted by atomic mass is 35.5. The van der Waals surface area contributed by atoms with Gasteiger partial charge in [0, 0.05) is 23.6 Å². The molecule has 0 spiro atoms. The van der Waals surface area contributed by atoms with Gasteiger partial charge in [-0.05, 0) is 54.1 Å². The summed E-state index contributed by atoms with van der Waals surface area (Å²) >= 11 is 5.85. The van der Waals surface area contributed by atoms with Gasteiger partial charge in [-0.3, -0.25) is 9.52 Å². The zero-order chi connectivity index (χ0) is 22.0. The van der Waals surface area contributed by atoms with Crippen LogP contribution in [0, 0.1) is 0 Å². The van der Waals surface area contributed by atoms with Crippen molar-refractivity contribution in [3.05, 3.63) is 83.3 Å². The molecule has 0 saturated heterocycles. The smallest absolute Gasteiger partial charge is 0.261 e. The first-order valence-corrected chi connectivity index (χ1v) is 11.6. The molecular weight excluding hydrogens is 438 g/mol. The minimum atomic E-state index is -3.77. The number of halogens is 1. The lowest BCUT2D eigenvalue weighted by Crippen LogP contribution is -2.25. The van der Waals surface area contributed by atoms with Crippen molar-refractivity contribution in [1.82, 2.24) is 5.01 Å². The Bertz CT molecular complexity index is 1220. The lowest BCUT2D eigenvalue weighted by molar-refractivity contribution is -0.133. The maximum absolute atomic E-state index is 12.7. The van der Waals surface area contributed by atoms with Crippen LogP contribution in [0.2, 0.25) is 5.02 Å². The molecule has 1 atom stereocenters. The quantitative estimate of drug-likeness (QED) is 0.574. The predicted octanol–water partition coefficient (Wildman–Crippen LogP) is 4.82. The number of hydrazone groups is 1. The van der Waals surface area contributed by atoms with Crippen molar-refractivity contribution in [2.24, 2.45) is 5.10 Å². The van der Waals surface area contributed by atoms with Gasteiger partial charge in [-0.1, -0.05) is 30.7 Å². The first kappa shape index (κ1) is 21.1. The molecule has 2 heterocycles. The zero-order valence-electron chi connectivity index (χ0n) is 16.7. The van der Waals surface area contributed by atoms with Gasteiger partial charge in [-0.15, -0.1) is 0 Å². The van der Waals surface area contributed by atoms with Gasteiger partial charge in [0.05, 0.1) is 16.9 Å². The molecule has 31 heavy (non-hydrogen) atoms. The highest BCUT2D eigenvalue weighted by Crippen LogP contribution is 2.34. The van der Waals surface area contributed by atoms with E-state index in [0.29, 0.717) is 35.0 Å². The molecule has 2 aromatic carbocycles. The SMILES string of the molecule is CCC(=O)N1N=C(c2cccc(NS(=O)(=O)c3ccc(Cl)cc3)c2)C[C@H]1c1ccco1. The maximum atomic E-state index is 12.7. The molecule has 0 aliphatic carbocycles. The number of benzene rings is 2. The fourth-order valence-electron chi connectivity index (χ4n) is 3.37. The highest BCUT2D eigenvalue weighted by molar-refractivity contribution is 7.92. The van der Waals surface area contributed by atoms with E-state index in [2.05, 4.69) is 9.82 Å². The molecule has 0 unspecified atom stereocenters. The van der Waals surface area contributed by atoms with E-state index in [-0.39, 0.29) is 16.8 Å². The van der Waals surface area contributed by atoms with Gasteiger partial charge in [0.1, 0.15) is 11.8 Å². The maximum Gasteiger partial charge on any atom is 0.261 e. The summed E-state index contributed by atoms with van der Waals surface area (Å²) in [6, 6.07) is 16.1. The van der Waals surface area contributed by atoms with Gasteiger partial charge < -0.3 is 4.42 Å². The lowest BCUT2D eigenvalue weighted by atomic mass is 10.0. The van der Waals surface area contributed by atoms with E-state index >= 15 is 0 Å². The Morgan fingerprint density at radius 3 is 2.65 bits per heavy atom. The Kier molecular flexibility index (Phi) is 5.84. The summed E-state index contributed by atoms with van der Waals surface area (Å²) in [6.07, 6.45) is 2.34. The van der Waals surface area contributed by atoms with Crippen molar-refractivity contribution < 1.29 is 17.6 Å². The number of anilines is 1. The van der Waals surface area contributed by atoms with E-state index in [4.69, 9.17) is 16.0 Å². The lowest BCUT2D eigenvalue weighted by Gasteiger charge is -2.18. The Morgan fingerprint density at radius 2 is 1.97 bits per heavy atom. The number of carbonyl (C=O) groups is 1. The van der Waals surface area contributed by atoms with Crippen LogP contribution in [0.5, 0.6) is 0 Å². The van der Waals surface area contributed by atoms with Crippen LogP contribution >= 0.6 is 11.6 Å². The molecule has 160 valence electrons. The summed E-state index contributed by atoms with van der Waals surface area (Å²) in [5, 5.41) is 6.42. The molecule has 9 heteroatoms. The van der Waals surface area contributed by atoms with E-state index < -0.39 is 10.0 Å². The number of hydrogen-bond donors (Lipinski definition) is 1. The largest absolute Gasteiger partial charge is 0.467 e. The van der Waals surface area contributed by atoms with Gasteiger partial charge in [0.15, 0.2) is 0 Å². The van der Waals surface area contributed by atoms with Crippen LogP contribution in [0.25, 0.3) is 0 Å². The summed E-state index contributed by atoms with van der Waals surface area (Å²) in [7, 11) is -3.77. The van der Waals surface area contributed by atoms with Crippen molar-refractivity contribution in [3.63, 3.8) is 0 Å². The molecule has 7 nitrogen and oxygen atoms in total. The summed E-state index contributed by atoms with van der Waals surface area (Å²) in [6.45, 7) is 1.78. The third-order valence-corrected chi connectivity index (χ3v) is 6.56. The van der Waals surface area contributed by atoms with E-state index in [1.54, 1.807) is 37.5 Å². The van der Waals surface area contributed by atoms with Crippen molar-refractivity contribution in [2.45, 2.75) is 30.7 Å². The predicted molar refractivity (Wildman–Crippen MR) is 118 cm³/mol. The second kappa shape index (κ2) is 8.56. The molecule has 0 bridgehead atoms. The van der Waals surface area contributed by atoms with Crippen molar-refractivity contribution in [2.75, 3.05) is 4.72 Å². The minimum Gasteiger partial charge on any atom is -0.467 e. The number of carbonyl (C=O) groups excluding carboxylic acids is 1. The van der Waals surface area contributed by atoms with Crippen LogP contribution in [-0.2, 0) is 14.8 Å². The molecular formula is C22H20ClN3O4S. The fourth-order valence-corrected chi connectivity index (χ4v) is 4.54. The summed E-state index contributed by atoms with van der Waals surface area (Å²) in [5.74, 6) is 0.538. The number of rotatable bonds is 6. The Labute approximate surface area is 185 Å². The summed E-state index contributed by atoms with van der Waals surface area (Å²) in [5.41, 5.74) is 1.79. The Morgan fingerprint density at radius 1 is 1.19 bits per heavy atom. The van der Waals surface area contributed by atoms with Crippen LogP contribution in [-0.4, -0.2) is 25.0 Å². The second-order valence-corrected chi connectivity index (χ2v) is 9.13. The van der Waals surface area contributed by atoms with E-state index in [9.17, 15) is 13.2 Å². The Hall–Kier alpha value is -3.10. The van der Waals surface area contributed by atoms with Crippen LogP contribution in [0.15, 0.2) is 81.3 Å². The number of nitrogens with one attached hydrogen (secondary N) is 1. The van der Waals surface area contributed by atoms with E-state index in [0.717, 1.165) is 5.56 Å². The van der Waals surface area contributed by atoms with Crippen molar-refractivity contribution in [3.8, 4) is 0 Å². The highest BCUT2D eigenvalue weighted by Gasteiger charge is 2.34. The topological polar surface area (TPSA) is 92.0 Å². The summed E-state index contributed by atoms with van der Waals surface area (Å²) < 4.78 is 33.4. The standard InChI is InChI=1S/C22H20ClN3O4S/c1-2-22(27)26-20(21-7-4-12-30-21)14-19(24-26)15-5-3-6-17(13-15)25-31(28,29)18-10-8-16(23)9-11-18/h3-13,20,25H,2,14H2,1H3/t20-/m0/s1. The van der Waals surface area contributed by atoms with Gasteiger partial charge in [0.25, 0.3) is 10.0 Å². The first-order chi connectivity index (χ1) is 14.9. The molecule has 0 fully saturated rings. The van der Waals surface area contributed by atoms with Gasteiger partial charge in [0.2, 0.25) is 5.91 Å². The molecule has 1 amide bonds. The third-order valence-electron chi connectivity index (χ3n) is 4.91. The van der Waals surface area contributed by atoms with Crippen molar-refractivity contribution in [1.29, 1.82) is 0 Å². The fraction of sp³-hybridized carbons (Fsp3) is 0.182. The molecule has 0 radical (unpaired) electrons. The van der Waals surface area contributed by atoms with Crippen LogP contribution < -0.4 is 4.72 Å². The molecule has 3 aromatic rings. The number of hydrogen-bond acceptors (Lipinski definition) is 5. The van der Waals surface area contributed by atoms with Crippen LogP contribution in [0.3, 0.4) is 0 Å². The zero-order valence-corrected chi connectivity index (χ0v) is 18.2. The normalized spacial score (nSPS) is 16.3. The molecule has 1 N–H and O–H groups in total. The van der Waals surface area contributed by atoms with Gasteiger partial charge in [-0.25, -0.2) is 13.4 Å². The molecule has 1 aromatic heterocycles. The second-order valence-electron chi connectivity index (χ2n) is 7.01. The first-order valence-electron chi connectivity index (χ1n) is 9.69. The monoisotopic (exact) mass is 457 g/mol. The molecule has 1 aliphatic heterocycles. The average Bonchev–Trinajstić information content (AvgIpc) is 3.43. The molecule has 1 aliphatic rings. The van der Waals surface area contributed by atoms with E-state index in [1.807, 2.05) is 12.1 Å². The Balaban J connectivity index is 1.60. The number of sulfonamides is 1. The third kappa shape index (κ3) is 4.50. The van der Waals surface area contributed by atoms with Crippen LogP contribution in [0.1, 0.15) is 37.1 Å². The molecule has 4 rings (SSSR count). The number of nitrogens with zero attached hydrogens (tertiary/aromatic N) is 2. The number of amides is 1. The average molecular weight is 458 g/mol. The minimum absolute atomic E-state index is 0.109. The van der Waals surface area contributed by atoms with Gasteiger partial charge in [-0.2, -0.15) is 5.10 Å². The van der Waals surface area contributed by atoms with E-state index in [1.165, 1.54) is 29.3 Å².